The van der Waals surface area contributed by atoms with Gasteiger partial charge in [-0.15, -0.1) is 0 Å². The molecule has 1 aromatic carbocycles. The average molecular weight is 370 g/mol. The molecule has 9 heteroatoms. The maximum atomic E-state index is 12.6. The summed E-state index contributed by atoms with van der Waals surface area (Å²) in [6, 6.07) is 0.791. The fourth-order valence-electron chi connectivity index (χ4n) is 1.48. The number of carbonyl (C=O) groups excluding carboxylic acids is 1. The molecule has 5 nitrogen and oxygen atoms in total. The number of amides is 1. The van der Waals surface area contributed by atoms with E-state index in [9.17, 15) is 27.9 Å². The Balaban J connectivity index is 3.10. The molecule has 0 heterocycles. The maximum Gasteiger partial charge on any atom is 0.416 e. The standard InChI is InChI=1S/C12H11BrF3NO4/c1-5(18)9(11(20)21)17-10(19)7-4-6(12(14,15)16)2-3-8(7)13/h2-5,9,18H,1H3,(H,17,19)(H,20,21). The van der Waals surface area contributed by atoms with E-state index in [1.54, 1.807) is 0 Å². The number of carboxylic acid groups (broad SMARTS) is 1. The molecule has 0 bridgehead atoms. The molecule has 1 amide bonds. The molecule has 3 N–H and O–H groups in total. The van der Waals surface area contributed by atoms with E-state index in [2.05, 4.69) is 15.9 Å². The van der Waals surface area contributed by atoms with Crippen LogP contribution in [0.2, 0.25) is 0 Å². The van der Waals surface area contributed by atoms with Gasteiger partial charge in [0.1, 0.15) is 0 Å². The van der Waals surface area contributed by atoms with Gasteiger partial charge < -0.3 is 15.5 Å². The van der Waals surface area contributed by atoms with Crippen LogP contribution in [0.3, 0.4) is 0 Å². The molecule has 2 unspecified atom stereocenters. The smallest absolute Gasteiger partial charge is 0.416 e. The van der Waals surface area contributed by atoms with E-state index >= 15 is 0 Å². The molecule has 0 saturated carbocycles. The second-order valence-corrected chi connectivity index (χ2v) is 5.08. The number of halogens is 4. The predicted molar refractivity (Wildman–Crippen MR) is 69.7 cm³/mol. The van der Waals surface area contributed by atoms with Crippen molar-refractivity contribution in [2.75, 3.05) is 0 Å². The lowest BCUT2D eigenvalue weighted by molar-refractivity contribution is -0.142. The van der Waals surface area contributed by atoms with Crippen molar-refractivity contribution in [1.82, 2.24) is 5.32 Å². The first-order valence-electron chi connectivity index (χ1n) is 5.62. The third-order valence-electron chi connectivity index (χ3n) is 2.57. The summed E-state index contributed by atoms with van der Waals surface area (Å²) in [4.78, 5) is 22.7. The normalized spacial score (nSPS) is 14.4. The third kappa shape index (κ3) is 4.43. The number of alkyl halides is 3. The molecule has 21 heavy (non-hydrogen) atoms. The zero-order valence-electron chi connectivity index (χ0n) is 10.6. The van der Waals surface area contributed by atoms with Crippen LogP contribution in [-0.4, -0.2) is 34.2 Å². The lowest BCUT2D eigenvalue weighted by atomic mass is 10.1. The van der Waals surface area contributed by atoms with E-state index in [0.29, 0.717) is 6.07 Å². The molecule has 0 spiro atoms. The fourth-order valence-corrected chi connectivity index (χ4v) is 1.91. The number of hydrogen-bond acceptors (Lipinski definition) is 3. The summed E-state index contributed by atoms with van der Waals surface area (Å²) < 4.78 is 37.9. The van der Waals surface area contributed by atoms with Crippen molar-refractivity contribution >= 4 is 27.8 Å². The number of hydrogen-bond donors (Lipinski definition) is 3. The number of rotatable bonds is 4. The van der Waals surface area contributed by atoms with Gasteiger partial charge in [-0.25, -0.2) is 4.79 Å². The molecular formula is C12H11BrF3NO4. The highest BCUT2D eigenvalue weighted by atomic mass is 79.9. The summed E-state index contributed by atoms with van der Waals surface area (Å²) in [6.07, 6.45) is -6.04. The highest BCUT2D eigenvalue weighted by Crippen LogP contribution is 2.31. The quantitative estimate of drug-likeness (QED) is 0.757. The van der Waals surface area contributed by atoms with Gasteiger partial charge in [0.25, 0.3) is 5.91 Å². The molecule has 0 aliphatic heterocycles. The van der Waals surface area contributed by atoms with E-state index in [1.165, 1.54) is 0 Å². The van der Waals surface area contributed by atoms with E-state index in [4.69, 9.17) is 5.11 Å². The molecule has 0 saturated heterocycles. The van der Waals surface area contributed by atoms with Crippen LogP contribution in [0, 0.1) is 0 Å². The van der Waals surface area contributed by atoms with E-state index < -0.39 is 35.8 Å². The van der Waals surface area contributed by atoms with Crippen molar-refractivity contribution < 1.29 is 33.0 Å². The summed E-state index contributed by atoms with van der Waals surface area (Å²) >= 11 is 2.92. The van der Waals surface area contributed by atoms with Crippen LogP contribution in [0.5, 0.6) is 0 Å². The molecule has 1 rings (SSSR count). The Morgan fingerprint density at radius 2 is 1.90 bits per heavy atom. The summed E-state index contributed by atoms with van der Waals surface area (Å²) in [5.74, 6) is -2.54. The van der Waals surface area contributed by atoms with Gasteiger partial charge in [0.05, 0.1) is 17.2 Å². The predicted octanol–water partition coefficient (Wildman–Crippen LogP) is 2.03. The van der Waals surface area contributed by atoms with Gasteiger partial charge in [-0.3, -0.25) is 4.79 Å². The van der Waals surface area contributed by atoms with Gasteiger partial charge in [0.2, 0.25) is 0 Å². The van der Waals surface area contributed by atoms with Gasteiger partial charge in [-0.1, -0.05) is 0 Å². The van der Waals surface area contributed by atoms with Crippen molar-refractivity contribution in [2.45, 2.75) is 25.2 Å². The number of carbonyl (C=O) groups is 2. The third-order valence-corrected chi connectivity index (χ3v) is 3.26. The minimum absolute atomic E-state index is 0.0720. The minimum Gasteiger partial charge on any atom is -0.480 e. The van der Waals surface area contributed by atoms with Crippen molar-refractivity contribution in [2.24, 2.45) is 0 Å². The number of carboxylic acids is 1. The molecule has 0 aromatic heterocycles. The van der Waals surface area contributed by atoms with Crippen LogP contribution in [0.15, 0.2) is 22.7 Å². The van der Waals surface area contributed by atoms with Gasteiger partial charge in [-0.2, -0.15) is 13.2 Å². The van der Waals surface area contributed by atoms with Gasteiger partial charge >= 0.3 is 12.1 Å². The summed E-state index contributed by atoms with van der Waals surface area (Å²) in [6.45, 7) is 1.14. The highest BCUT2D eigenvalue weighted by Gasteiger charge is 2.32. The van der Waals surface area contributed by atoms with Crippen LogP contribution in [-0.2, 0) is 11.0 Å². The molecule has 0 aliphatic rings. The first-order chi connectivity index (χ1) is 9.54. The van der Waals surface area contributed by atoms with Crippen molar-refractivity contribution in [3.05, 3.63) is 33.8 Å². The van der Waals surface area contributed by atoms with Crippen LogP contribution in [0.4, 0.5) is 13.2 Å². The van der Waals surface area contributed by atoms with Crippen molar-refractivity contribution in [1.29, 1.82) is 0 Å². The Labute approximate surface area is 125 Å². The molecular weight excluding hydrogens is 359 g/mol. The summed E-state index contributed by atoms with van der Waals surface area (Å²) in [7, 11) is 0. The second kappa shape index (κ2) is 6.44. The molecule has 116 valence electrons. The van der Waals surface area contributed by atoms with E-state index in [0.717, 1.165) is 19.1 Å². The van der Waals surface area contributed by atoms with Crippen molar-refractivity contribution in [3.8, 4) is 0 Å². The Kier molecular flexibility index (Phi) is 5.35. The largest absolute Gasteiger partial charge is 0.480 e. The number of aliphatic hydroxyl groups excluding tert-OH is 1. The zero-order chi connectivity index (χ0) is 16.4. The van der Waals surface area contributed by atoms with Gasteiger partial charge in [-0.05, 0) is 41.1 Å². The number of benzene rings is 1. The molecule has 0 fully saturated rings. The minimum atomic E-state index is -4.63. The number of nitrogens with one attached hydrogen (secondary N) is 1. The lowest BCUT2D eigenvalue weighted by Crippen LogP contribution is -2.47. The Morgan fingerprint density at radius 1 is 1.33 bits per heavy atom. The summed E-state index contributed by atoms with van der Waals surface area (Å²) in [5, 5.41) is 20.0. The van der Waals surface area contributed by atoms with E-state index in [1.807, 2.05) is 5.32 Å². The zero-order valence-corrected chi connectivity index (χ0v) is 12.2. The fraction of sp³-hybridized carbons (Fsp3) is 0.333. The van der Waals surface area contributed by atoms with E-state index in [-0.39, 0.29) is 10.0 Å². The molecule has 0 radical (unpaired) electrons. The Bertz CT molecular complexity index is 560. The first kappa shape index (κ1) is 17.4. The average Bonchev–Trinajstić information content (AvgIpc) is 2.33. The number of aliphatic carboxylic acids is 1. The molecule has 1 aromatic rings. The monoisotopic (exact) mass is 369 g/mol. The topological polar surface area (TPSA) is 86.6 Å². The van der Waals surface area contributed by atoms with Crippen LogP contribution < -0.4 is 5.32 Å². The molecule has 0 aliphatic carbocycles. The second-order valence-electron chi connectivity index (χ2n) is 4.22. The van der Waals surface area contributed by atoms with Gasteiger partial charge in [0, 0.05) is 4.47 Å². The Morgan fingerprint density at radius 3 is 2.33 bits per heavy atom. The maximum absolute atomic E-state index is 12.6. The highest BCUT2D eigenvalue weighted by molar-refractivity contribution is 9.10. The van der Waals surface area contributed by atoms with Crippen molar-refractivity contribution in [3.63, 3.8) is 0 Å². The SMILES string of the molecule is CC(O)C(NC(=O)c1cc(C(F)(F)F)ccc1Br)C(=O)O. The summed E-state index contributed by atoms with van der Waals surface area (Å²) in [5.41, 5.74) is -1.42. The number of aliphatic hydroxyl groups is 1. The Hall–Kier alpha value is -1.61. The lowest BCUT2D eigenvalue weighted by Gasteiger charge is -2.18. The van der Waals surface area contributed by atoms with Crippen LogP contribution in [0.25, 0.3) is 0 Å². The molecule has 2 atom stereocenters. The first-order valence-corrected chi connectivity index (χ1v) is 6.42. The van der Waals surface area contributed by atoms with Gasteiger partial charge in [0.15, 0.2) is 6.04 Å². The van der Waals surface area contributed by atoms with Crippen LogP contribution in [0.1, 0.15) is 22.8 Å². The van der Waals surface area contributed by atoms with Crippen LogP contribution >= 0.6 is 15.9 Å².